The second-order valence-corrected chi connectivity index (χ2v) is 6.92. The largest absolute Gasteiger partial charge is 0.468 e. The molecule has 0 spiro atoms. The van der Waals surface area contributed by atoms with Crippen molar-refractivity contribution in [2.45, 2.75) is 51.7 Å². The lowest BCUT2D eigenvalue weighted by molar-refractivity contribution is -0.0816. The minimum Gasteiger partial charge on any atom is -0.468 e. The predicted molar refractivity (Wildman–Crippen MR) is 84.7 cm³/mol. The van der Waals surface area contributed by atoms with E-state index in [1.807, 2.05) is 6.92 Å². The Labute approximate surface area is 134 Å². The van der Waals surface area contributed by atoms with Crippen LogP contribution in [0.3, 0.4) is 0 Å². The number of anilines is 1. The number of hydrogen-bond donors (Lipinski definition) is 1. The molecule has 3 rings (SSSR count). The van der Waals surface area contributed by atoms with Crippen molar-refractivity contribution in [1.82, 2.24) is 9.97 Å². The molecule has 2 heterocycles. The molecule has 1 aliphatic carbocycles. The van der Waals surface area contributed by atoms with Crippen LogP contribution in [-0.2, 0) is 4.74 Å². The minimum atomic E-state index is 0.110. The van der Waals surface area contributed by atoms with Crippen LogP contribution in [0.25, 0.3) is 0 Å². The normalized spacial score (nSPS) is 26.2. The number of ether oxygens (including phenoxy) is 2. The van der Waals surface area contributed by atoms with E-state index in [1.165, 1.54) is 25.7 Å². The first kappa shape index (κ1) is 15.0. The molecule has 0 bridgehead atoms. The van der Waals surface area contributed by atoms with E-state index in [4.69, 9.17) is 9.47 Å². The van der Waals surface area contributed by atoms with Gasteiger partial charge in [-0.3, -0.25) is 0 Å². The number of halogens is 1. The van der Waals surface area contributed by atoms with Crippen LogP contribution in [0, 0.1) is 12.8 Å². The Morgan fingerprint density at radius 1 is 1.19 bits per heavy atom. The van der Waals surface area contributed by atoms with Crippen molar-refractivity contribution in [2.24, 2.45) is 5.92 Å². The van der Waals surface area contributed by atoms with Crippen molar-refractivity contribution in [3.8, 4) is 5.88 Å². The Balaban J connectivity index is 1.69. The molecule has 0 unspecified atom stereocenters. The zero-order valence-corrected chi connectivity index (χ0v) is 14.1. The molecule has 1 N–H and O–H groups in total. The first-order valence-corrected chi connectivity index (χ1v) is 8.46. The molecule has 2 fully saturated rings. The number of aromatic nitrogens is 2. The van der Waals surface area contributed by atoms with E-state index in [0.29, 0.717) is 31.1 Å². The highest BCUT2D eigenvalue weighted by atomic mass is 79.9. The van der Waals surface area contributed by atoms with E-state index < -0.39 is 0 Å². The Kier molecular flexibility index (Phi) is 4.64. The topological polar surface area (TPSA) is 56.3 Å². The summed E-state index contributed by atoms with van der Waals surface area (Å²) in [7, 11) is 0. The van der Waals surface area contributed by atoms with Gasteiger partial charge in [-0.1, -0.05) is 6.92 Å². The molecule has 0 radical (unpaired) electrons. The fourth-order valence-corrected chi connectivity index (χ4v) is 2.97. The summed E-state index contributed by atoms with van der Waals surface area (Å²) >= 11 is 3.51. The number of nitrogens with one attached hydrogen (secondary N) is 1. The molecule has 5 nitrogen and oxygen atoms in total. The Bertz CT molecular complexity index is 500. The molecular weight excluding hydrogens is 334 g/mol. The molecule has 116 valence electrons. The number of rotatable bonds is 4. The van der Waals surface area contributed by atoms with Crippen molar-refractivity contribution in [3.63, 3.8) is 0 Å². The number of nitrogens with zero attached hydrogens (tertiary/aromatic N) is 2. The average Bonchev–Trinajstić information content (AvgIpc) is 2.41. The third-order valence-electron chi connectivity index (χ3n) is 4.22. The molecule has 21 heavy (non-hydrogen) atoms. The van der Waals surface area contributed by atoms with Crippen LogP contribution in [0.1, 0.15) is 38.3 Å². The Morgan fingerprint density at radius 2 is 1.90 bits per heavy atom. The van der Waals surface area contributed by atoms with Gasteiger partial charge in [-0.05, 0) is 54.5 Å². The lowest BCUT2D eigenvalue weighted by Crippen LogP contribution is -2.39. The highest BCUT2D eigenvalue weighted by Crippen LogP contribution is 2.30. The minimum absolute atomic E-state index is 0.110. The van der Waals surface area contributed by atoms with Gasteiger partial charge < -0.3 is 14.8 Å². The van der Waals surface area contributed by atoms with Crippen LogP contribution in [0.4, 0.5) is 5.95 Å². The SMILES string of the molecule is Cc1nc(N[C@H]2CC[C@H](C)CC2)nc(OC2COC2)c1Br. The molecule has 1 aromatic heterocycles. The first-order valence-electron chi connectivity index (χ1n) is 7.67. The van der Waals surface area contributed by atoms with E-state index >= 15 is 0 Å². The Morgan fingerprint density at radius 3 is 2.52 bits per heavy atom. The molecule has 6 heteroatoms. The van der Waals surface area contributed by atoms with E-state index in [0.717, 1.165) is 16.1 Å². The summed E-state index contributed by atoms with van der Waals surface area (Å²) in [4.78, 5) is 9.04. The van der Waals surface area contributed by atoms with Gasteiger partial charge >= 0.3 is 0 Å². The number of hydrogen-bond acceptors (Lipinski definition) is 5. The maximum atomic E-state index is 5.85. The molecule has 2 aliphatic rings. The summed E-state index contributed by atoms with van der Waals surface area (Å²) in [6.07, 6.45) is 5.03. The lowest BCUT2D eigenvalue weighted by atomic mass is 9.87. The van der Waals surface area contributed by atoms with Crippen LogP contribution in [-0.4, -0.2) is 35.3 Å². The summed E-state index contributed by atoms with van der Waals surface area (Å²) in [5.74, 6) is 2.13. The van der Waals surface area contributed by atoms with Crippen molar-refractivity contribution >= 4 is 21.9 Å². The highest BCUT2D eigenvalue weighted by molar-refractivity contribution is 9.10. The average molecular weight is 356 g/mol. The second kappa shape index (κ2) is 6.48. The van der Waals surface area contributed by atoms with E-state index in [1.54, 1.807) is 0 Å². The van der Waals surface area contributed by atoms with Gasteiger partial charge in [-0.15, -0.1) is 0 Å². The van der Waals surface area contributed by atoms with Crippen molar-refractivity contribution < 1.29 is 9.47 Å². The van der Waals surface area contributed by atoms with Gasteiger partial charge in [0.15, 0.2) is 0 Å². The van der Waals surface area contributed by atoms with Crippen LogP contribution in [0.2, 0.25) is 0 Å². The summed E-state index contributed by atoms with van der Waals surface area (Å²) in [5, 5.41) is 3.46. The van der Waals surface area contributed by atoms with E-state index in [2.05, 4.69) is 38.1 Å². The third-order valence-corrected chi connectivity index (χ3v) is 5.13. The Hall–Kier alpha value is -0.880. The third kappa shape index (κ3) is 3.66. The predicted octanol–water partition coefficient (Wildman–Crippen LogP) is 3.32. The molecule has 0 aromatic carbocycles. The van der Waals surface area contributed by atoms with Crippen LogP contribution >= 0.6 is 15.9 Å². The molecule has 0 amide bonds. The zero-order valence-electron chi connectivity index (χ0n) is 12.6. The molecule has 1 aliphatic heterocycles. The smallest absolute Gasteiger partial charge is 0.233 e. The van der Waals surface area contributed by atoms with Crippen LogP contribution in [0.15, 0.2) is 4.47 Å². The molecule has 1 saturated heterocycles. The quantitative estimate of drug-likeness (QED) is 0.897. The van der Waals surface area contributed by atoms with Gasteiger partial charge in [0.25, 0.3) is 0 Å². The van der Waals surface area contributed by atoms with Crippen LogP contribution < -0.4 is 10.1 Å². The van der Waals surface area contributed by atoms with Gasteiger partial charge in [0.05, 0.1) is 18.9 Å². The standard InChI is InChI=1S/C15H22BrN3O2/c1-9-3-5-11(6-4-9)18-15-17-10(2)13(16)14(19-15)21-12-7-20-8-12/h9,11-12H,3-8H2,1-2H3,(H,17,18,19)/t9-,11-. The van der Waals surface area contributed by atoms with Crippen molar-refractivity contribution in [2.75, 3.05) is 18.5 Å². The van der Waals surface area contributed by atoms with Crippen molar-refractivity contribution in [3.05, 3.63) is 10.2 Å². The lowest BCUT2D eigenvalue weighted by Gasteiger charge is -2.28. The second-order valence-electron chi connectivity index (χ2n) is 6.13. The zero-order chi connectivity index (χ0) is 14.8. The fraction of sp³-hybridized carbons (Fsp3) is 0.733. The summed E-state index contributed by atoms with van der Waals surface area (Å²) < 4.78 is 11.8. The van der Waals surface area contributed by atoms with Gasteiger partial charge in [-0.2, -0.15) is 4.98 Å². The van der Waals surface area contributed by atoms with E-state index in [9.17, 15) is 0 Å². The van der Waals surface area contributed by atoms with Gasteiger partial charge in [0.2, 0.25) is 11.8 Å². The highest BCUT2D eigenvalue weighted by Gasteiger charge is 2.24. The summed E-state index contributed by atoms with van der Waals surface area (Å²) in [6.45, 7) is 5.56. The molecule has 1 aromatic rings. The van der Waals surface area contributed by atoms with Gasteiger partial charge in [0, 0.05) is 6.04 Å². The summed E-state index contributed by atoms with van der Waals surface area (Å²) in [5.41, 5.74) is 0.895. The fourth-order valence-electron chi connectivity index (χ4n) is 2.70. The molecule has 1 saturated carbocycles. The summed E-state index contributed by atoms with van der Waals surface area (Å²) in [6, 6.07) is 0.474. The van der Waals surface area contributed by atoms with E-state index in [-0.39, 0.29) is 6.10 Å². The van der Waals surface area contributed by atoms with Crippen LogP contribution in [0.5, 0.6) is 5.88 Å². The number of aryl methyl sites for hydroxylation is 1. The van der Waals surface area contributed by atoms with Gasteiger partial charge in [0.1, 0.15) is 10.6 Å². The maximum Gasteiger partial charge on any atom is 0.233 e. The molecule has 0 atom stereocenters. The maximum absolute atomic E-state index is 5.85. The van der Waals surface area contributed by atoms with Crippen molar-refractivity contribution in [1.29, 1.82) is 0 Å². The molecular formula is C15H22BrN3O2. The van der Waals surface area contributed by atoms with Gasteiger partial charge in [-0.25, -0.2) is 4.98 Å². The monoisotopic (exact) mass is 355 g/mol. The first-order chi connectivity index (χ1) is 10.1.